The fraction of sp³-hybridized carbons (Fsp3) is 0.500. The van der Waals surface area contributed by atoms with Crippen LogP contribution in [0.3, 0.4) is 0 Å². The minimum absolute atomic E-state index is 0.520. The lowest BCUT2D eigenvalue weighted by Gasteiger charge is -2.12. The lowest BCUT2D eigenvalue weighted by Crippen LogP contribution is -2.36. The highest BCUT2D eigenvalue weighted by Gasteiger charge is 2.37. The van der Waals surface area contributed by atoms with Gasteiger partial charge in [-0.3, -0.25) is 28.8 Å². The van der Waals surface area contributed by atoms with Gasteiger partial charge in [-0.2, -0.15) is 0 Å². The van der Waals surface area contributed by atoms with Crippen LogP contribution in [0.25, 0.3) is 0 Å². The molecule has 0 rings (SSSR count). The summed E-state index contributed by atoms with van der Waals surface area (Å²) in [5.74, 6) is -4.84. The maximum absolute atomic E-state index is 11.3. The highest BCUT2D eigenvalue weighted by Crippen LogP contribution is 2.02. The second kappa shape index (κ2) is 9.43. The van der Waals surface area contributed by atoms with Crippen LogP contribution >= 0.6 is 0 Å². The van der Waals surface area contributed by atoms with Gasteiger partial charge in [-0.25, -0.2) is 0 Å². The monoisotopic (exact) mass is 314 g/mol. The molecule has 0 unspecified atom stereocenters. The van der Waals surface area contributed by atoms with Gasteiger partial charge in [0.05, 0.1) is 0 Å². The fourth-order valence-corrected chi connectivity index (χ4v) is 1.13. The third-order valence-corrected chi connectivity index (χ3v) is 1.86. The Bertz CT molecular complexity index is 426. The smallest absolute Gasteiger partial charge is 0.462 e. The van der Waals surface area contributed by atoms with E-state index in [0.29, 0.717) is 0 Å². The summed E-state index contributed by atoms with van der Waals surface area (Å²) in [4.78, 5) is 66.2. The fourth-order valence-electron chi connectivity index (χ4n) is 1.13. The molecule has 0 aliphatic rings. The summed E-state index contributed by atoms with van der Waals surface area (Å²) in [6, 6.07) is 0. The van der Waals surface area contributed by atoms with Gasteiger partial charge in [-0.05, 0) is 20.8 Å². The van der Waals surface area contributed by atoms with Crippen molar-refractivity contribution in [3.8, 4) is 0 Å². The quantitative estimate of drug-likeness (QED) is 0.409. The summed E-state index contributed by atoms with van der Waals surface area (Å²) in [7, 11) is -2.06. The molecule has 120 valence electrons. The standard InChI is InChI=1S/C12H15BO9/c1-7(14)4-10(17)20-13(21-11(18)5-8(2)15)22-12(19)6-9(3)16/h4-6H2,1-3H3. The molecule has 0 aliphatic carbocycles. The van der Waals surface area contributed by atoms with Crippen molar-refractivity contribution in [2.45, 2.75) is 40.0 Å². The molecule has 0 spiro atoms. The molecule has 0 saturated carbocycles. The predicted octanol–water partition coefficient (Wildman–Crippen LogP) is -0.462. The molecule has 10 heteroatoms. The van der Waals surface area contributed by atoms with Gasteiger partial charge in [0, 0.05) is 0 Å². The van der Waals surface area contributed by atoms with Crippen LogP contribution < -0.4 is 0 Å². The maximum atomic E-state index is 11.3. The van der Waals surface area contributed by atoms with Gasteiger partial charge in [0.15, 0.2) is 0 Å². The van der Waals surface area contributed by atoms with Crippen LogP contribution in [0.2, 0.25) is 0 Å². The number of hydrogen-bond acceptors (Lipinski definition) is 9. The third kappa shape index (κ3) is 10.3. The molecule has 0 N–H and O–H groups in total. The van der Waals surface area contributed by atoms with Crippen LogP contribution in [0.4, 0.5) is 0 Å². The minimum Gasteiger partial charge on any atom is -0.462 e. The zero-order chi connectivity index (χ0) is 17.3. The molecular weight excluding hydrogens is 299 g/mol. The number of carbonyl (C=O) groups is 6. The first-order chi connectivity index (χ1) is 10.1. The molecule has 0 radical (unpaired) electrons. The van der Waals surface area contributed by atoms with Crippen molar-refractivity contribution in [1.82, 2.24) is 0 Å². The number of carbonyl (C=O) groups excluding carboxylic acids is 6. The predicted molar refractivity (Wildman–Crippen MR) is 69.9 cm³/mol. The summed E-state index contributed by atoms with van der Waals surface area (Å²) in [6.45, 7) is 3.37. The Balaban J connectivity index is 4.74. The Morgan fingerprint density at radius 1 is 0.591 bits per heavy atom. The third-order valence-electron chi connectivity index (χ3n) is 1.86. The Labute approximate surface area is 126 Å². The molecular formula is C12H15BO9. The SMILES string of the molecule is CC(=O)CC(=O)OB(OC(=O)CC(C)=O)OC(=O)CC(C)=O. The first-order valence-electron chi connectivity index (χ1n) is 6.17. The maximum Gasteiger partial charge on any atom is 0.870 e. The normalized spacial score (nSPS) is 9.41. The average molecular weight is 314 g/mol. The molecule has 9 nitrogen and oxygen atoms in total. The Morgan fingerprint density at radius 3 is 1.00 bits per heavy atom. The molecule has 0 aromatic rings. The van der Waals surface area contributed by atoms with E-state index in [1.807, 2.05) is 0 Å². The van der Waals surface area contributed by atoms with Crippen molar-refractivity contribution in [3.63, 3.8) is 0 Å². The second-order valence-electron chi connectivity index (χ2n) is 4.39. The Kier molecular flexibility index (Phi) is 8.35. The van der Waals surface area contributed by atoms with Gasteiger partial charge in [-0.15, -0.1) is 0 Å². The van der Waals surface area contributed by atoms with Crippen LogP contribution in [-0.2, 0) is 42.7 Å². The highest BCUT2D eigenvalue weighted by atomic mass is 16.8. The van der Waals surface area contributed by atoms with Gasteiger partial charge in [0.25, 0.3) is 0 Å². The van der Waals surface area contributed by atoms with Crippen LogP contribution in [0.15, 0.2) is 0 Å². The van der Waals surface area contributed by atoms with Crippen molar-refractivity contribution >= 4 is 42.6 Å². The zero-order valence-electron chi connectivity index (χ0n) is 12.4. The summed E-state index contributed by atoms with van der Waals surface area (Å²) in [5, 5.41) is 0. The minimum atomic E-state index is -2.06. The molecule has 0 bridgehead atoms. The van der Waals surface area contributed by atoms with E-state index in [2.05, 4.69) is 14.0 Å². The largest absolute Gasteiger partial charge is 0.870 e. The number of ketones is 3. The molecule has 0 saturated heterocycles. The van der Waals surface area contributed by atoms with E-state index in [1.54, 1.807) is 0 Å². The van der Waals surface area contributed by atoms with Crippen molar-refractivity contribution < 1.29 is 42.7 Å². The first-order valence-corrected chi connectivity index (χ1v) is 6.17. The summed E-state index contributed by atoms with van der Waals surface area (Å²) in [6.07, 6.45) is -1.86. The molecule has 0 atom stereocenters. The number of rotatable bonds is 9. The summed E-state index contributed by atoms with van der Waals surface area (Å²) in [5.41, 5.74) is 0. The van der Waals surface area contributed by atoms with Crippen LogP contribution in [-0.4, -0.2) is 42.6 Å². The molecule has 0 aromatic heterocycles. The molecule has 0 amide bonds. The molecule has 0 aromatic carbocycles. The summed E-state index contributed by atoms with van der Waals surface area (Å²) >= 11 is 0. The van der Waals surface area contributed by atoms with E-state index < -0.39 is 61.8 Å². The van der Waals surface area contributed by atoms with Gasteiger partial charge in [0.1, 0.15) is 36.6 Å². The van der Waals surface area contributed by atoms with Crippen molar-refractivity contribution in [3.05, 3.63) is 0 Å². The zero-order valence-corrected chi connectivity index (χ0v) is 12.4. The van der Waals surface area contributed by atoms with E-state index in [-0.39, 0.29) is 0 Å². The van der Waals surface area contributed by atoms with Crippen LogP contribution in [0, 0.1) is 0 Å². The topological polar surface area (TPSA) is 130 Å². The Hall–Kier alpha value is -2.52. The van der Waals surface area contributed by atoms with Crippen LogP contribution in [0.1, 0.15) is 40.0 Å². The number of hydrogen-bond donors (Lipinski definition) is 0. The molecule has 0 heterocycles. The van der Waals surface area contributed by atoms with Crippen LogP contribution in [0.5, 0.6) is 0 Å². The van der Waals surface area contributed by atoms with Gasteiger partial charge in [-0.1, -0.05) is 0 Å². The Morgan fingerprint density at radius 2 is 0.818 bits per heavy atom. The summed E-state index contributed by atoms with van der Waals surface area (Å²) < 4.78 is 13.5. The van der Waals surface area contributed by atoms with Gasteiger partial charge >= 0.3 is 25.2 Å². The number of Topliss-reactive ketones (excluding diaryl/α,β-unsaturated/α-hetero) is 3. The van der Waals surface area contributed by atoms with Gasteiger partial charge < -0.3 is 14.0 Å². The van der Waals surface area contributed by atoms with Crippen molar-refractivity contribution in [2.75, 3.05) is 0 Å². The molecule has 0 fully saturated rings. The first kappa shape index (κ1) is 19.5. The molecule has 0 aliphatic heterocycles. The average Bonchev–Trinajstić information content (AvgIpc) is 2.23. The molecule has 22 heavy (non-hydrogen) atoms. The van der Waals surface area contributed by atoms with E-state index >= 15 is 0 Å². The van der Waals surface area contributed by atoms with E-state index in [4.69, 9.17) is 0 Å². The van der Waals surface area contributed by atoms with E-state index in [1.165, 1.54) is 0 Å². The highest BCUT2D eigenvalue weighted by molar-refractivity contribution is 6.44. The van der Waals surface area contributed by atoms with Crippen molar-refractivity contribution in [1.29, 1.82) is 0 Å². The van der Waals surface area contributed by atoms with E-state index in [9.17, 15) is 28.8 Å². The second-order valence-corrected chi connectivity index (χ2v) is 4.39. The van der Waals surface area contributed by atoms with E-state index in [0.717, 1.165) is 20.8 Å². The lowest BCUT2D eigenvalue weighted by atomic mass is 10.2. The van der Waals surface area contributed by atoms with Crippen molar-refractivity contribution in [2.24, 2.45) is 0 Å². The van der Waals surface area contributed by atoms with Gasteiger partial charge in [0.2, 0.25) is 0 Å². The lowest BCUT2D eigenvalue weighted by molar-refractivity contribution is -0.148.